The van der Waals surface area contributed by atoms with E-state index in [4.69, 9.17) is 4.99 Å². The van der Waals surface area contributed by atoms with E-state index in [0.717, 1.165) is 6.04 Å². The van der Waals surface area contributed by atoms with E-state index in [1.165, 1.54) is 56.1 Å². The summed E-state index contributed by atoms with van der Waals surface area (Å²) in [5.41, 5.74) is 0.294. The van der Waals surface area contributed by atoms with Crippen LogP contribution in [0.1, 0.15) is 52.9 Å². The van der Waals surface area contributed by atoms with Gasteiger partial charge in [0.1, 0.15) is 0 Å². The lowest BCUT2D eigenvalue weighted by Gasteiger charge is -2.37. The first-order chi connectivity index (χ1) is 9.52. The van der Waals surface area contributed by atoms with Crippen molar-refractivity contribution in [3.63, 3.8) is 0 Å². The van der Waals surface area contributed by atoms with E-state index in [2.05, 4.69) is 31.0 Å². The summed E-state index contributed by atoms with van der Waals surface area (Å²) in [6.07, 6.45) is 6.64. The Kier molecular flexibility index (Phi) is 4.32. The fraction of sp³-hybridized carbons (Fsp3) is 0.938. The van der Waals surface area contributed by atoms with Crippen LogP contribution in [0.3, 0.4) is 0 Å². The van der Waals surface area contributed by atoms with Crippen LogP contribution in [-0.4, -0.2) is 47.0 Å². The molecular weight excluding hydrogens is 266 g/mol. The molecule has 3 atom stereocenters. The molecule has 3 unspecified atom stereocenters. The van der Waals surface area contributed by atoms with Crippen molar-refractivity contribution < 1.29 is 0 Å². The average Bonchev–Trinajstić information content (AvgIpc) is 2.85. The van der Waals surface area contributed by atoms with Gasteiger partial charge in [0.2, 0.25) is 0 Å². The maximum atomic E-state index is 4.99. The molecule has 1 N–H and O–H groups in total. The lowest BCUT2D eigenvalue weighted by Crippen LogP contribution is -2.47. The Morgan fingerprint density at radius 2 is 2.05 bits per heavy atom. The maximum absolute atomic E-state index is 4.99. The van der Waals surface area contributed by atoms with E-state index < -0.39 is 0 Å². The summed E-state index contributed by atoms with van der Waals surface area (Å²) < 4.78 is 0. The first-order valence-corrected chi connectivity index (χ1v) is 9.22. The van der Waals surface area contributed by atoms with Crippen molar-refractivity contribution >= 4 is 16.9 Å². The number of aliphatic imine (C=N–C) groups is 1. The van der Waals surface area contributed by atoms with Crippen molar-refractivity contribution in [3.8, 4) is 0 Å². The van der Waals surface area contributed by atoms with E-state index in [1.54, 1.807) is 0 Å². The number of nitrogens with one attached hydrogen (secondary N) is 1. The highest BCUT2D eigenvalue weighted by Crippen LogP contribution is 2.31. The molecular formula is C16H29N3S. The van der Waals surface area contributed by atoms with E-state index >= 15 is 0 Å². The quantitative estimate of drug-likeness (QED) is 0.805. The molecule has 114 valence electrons. The molecule has 0 aromatic rings. The molecule has 0 aromatic heterocycles. The lowest BCUT2D eigenvalue weighted by molar-refractivity contribution is 0.175. The molecule has 3 rings (SSSR count). The van der Waals surface area contributed by atoms with Gasteiger partial charge < -0.3 is 10.2 Å². The fourth-order valence-electron chi connectivity index (χ4n) is 3.75. The van der Waals surface area contributed by atoms with Crippen LogP contribution in [0.5, 0.6) is 0 Å². The highest BCUT2D eigenvalue weighted by atomic mass is 32.2. The predicted octanol–water partition coefficient (Wildman–Crippen LogP) is 3.11. The van der Waals surface area contributed by atoms with E-state index in [-0.39, 0.29) is 0 Å². The van der Waals surface area contributed by atoms with Crippen LogP contribution in [-0.2, 0) is 0 Å². The minimum absolute atomic E-state index is 0.294. The molecule has 3 aliphatic heterocycles. The molecule has 20 heavy (non-hydrogen) atoms. The van der Waals surface area contributed by atoms with Gasteiger partial charge in [0, 0.05) is 24.4 Å². The van der Waals surface area contributed by atoms with Gasteiger partial charge in [0.05, 0.1) is 6.04 Å². The Bertz CT molecular complexity index is 374. The number of rotatable bonds is 1. The van der Waals surface area contributed by atoms with Gasteiger partial charge in [-0.1, -0.05) is 32.5 Å². The zero-order valence-electron chi connectivity index (χ0n) is 13.2. The minimum atomic E-state index is 0.294. The molecule has 0 aromatic carbocycles. The molecule has 2 saturated heterocycles. The summed E-state index contributed by atoms with van der Waals surface area (Å²) in [4.78, 5) is 7.67. The van der Waals surface area contributed by atoms with Crippen molar-refractivity contribution in [2.75, 3.05) is 18.8 Å². The monoisotopic (exact) mass is 295 g/mol. The van der Waals surface area contributed by atoms with Crippen molar-refractivity contribution in [3.05, 3.63) is 0 Å². The van der Waals surface area contributed by atoms with Crippen molar-refractivity contribution in [2.45, 2.75) is 71.0 Å². The SMILES string of the molecule is CC(C)(C)C1CCSC(NC2CCN3CCCC3C2)=N1. The van der Waals surface area contributed by atoms with Crippen LogP contribution >= 0.6 is 11.8 Å². The van der Waals surface area contributed by atoms with Crippen LogP contribution in [0.4, 0.5) is 0 Å². The molecule has 0 amide bonds. The third-order valence-electron chi connectivity index (χ3n) is 5.05. The number of fused-ring (bicyclic) bond motifs is 1. The van der Waals surface area contributed by atoms with Gasteiger partial charge in [-0.05, 0) is 44.1 Å². The molecule has 2 fully saturated rings. The Balaban J connectivity index is 1.58. The minimum Gasteiger partial charge on any atom is -0.362 e. The van der Waals surface area contributed by atoms with Crippen LogP contribution in [0.15, 0.2) is 4.99 Å². The summed E-state index contributed by atoms with van der Waals surface area (Å²) in [5.74, 6) is 1.22. The maximum Gasteiger partial charge on any atom is 0.157 e. The number of piperidine rings is 1. The van der Waals surface area contributed by atoms with Gasteiger partial charge in [-0.2, -0.15) is 0 Å². The molecule has 3 heterocycles. The van der Waals surface area contributed by atoms with Gasteiger partial charge in [-0.15, -0.1) is 0 Å². The molecule has 0 aliphatic carbocycles. The molecule has 0 radical (unpaired) electrons. The molecule has 0 bridgehead atoms. The smallest absolute Gasteiger partial charge is 0.157 e. The zero-order valence-corrected chi connectivity index (χ0v) is 14.0. The van der Waals surface area contributed by atoms with E-state index in [9.17, 15) is 0 Å². The first kappa shape index (κ1) is 14.7. The van der Waals surface area contributed by atoms with Gasteiger partial charge >= 0.3 is 0 Å². The topological polar surface area (TPSA) is 27.6 Å². The van der Waals surface area contributed by atoms with Crippen molar-refractivity contribution in [2.24, 2.45) is 10.4 Å². The predicted molar refractivity (Wildman–Crippen MR) is 88.5 cm³/mol. The second-order valence-electron chi connectivity index (χ2n) is 7.65. The number of nitrogens with zero attached hydrogens (tertiary/aromatic N) is 2. The highest BCUT2D eigenvalue weighted by Gasteiger charge is 2.33. The third-order valence-corrected chi connectivity index (χ3v) is 5.99. The average molecular weight is 295 g/mol. The van der Waals surface area contributed by atoms with Crippen LogP contribution < -0.4 is 5.32 Å². The Morgan fingerprint density at radius 3 is 2.85 bits per heavy atom. The molecule has 0 spiro atoms. The zero-order chi connectivity index (χ0) is 14.2. The second kappa shape index (κ2) is 5.88. The normalized spacial score (nSPS) is 35.5. The van der Waals surface area contributed by atoms with Crippen molar-refractivity contribution in [1.29, 1.82) is 0 Å². The van der Waals surface area contributed by atoms with Crippen LogP contribution in [0.25, 0.3) is 0 Å². The summed E-state index contributed by atoms with van der Waals surface area (Å²) in [5, 5.41) is 4.97. The molecule has 3 nitrogen and oxygen atoms in total. The van der Waals surface area contributed by atoms with Gasteiger partial charge in [0.25, 0.3) is 0 Å². The van der Waals surface area contributed by atoms with Crippen LogP contribution in [0.2, 0.25) is 0 Å². The Labute approximate surface area is 128 Å². The lowest BCUT2D eigenvalue weighted by atomic mass is 9.85. The number of hydrogen-bond donors (Lipinski definition) is 1. The summed E-state index contributed by atoms with van der Waals surface area (Å²) in [6.45, 7) is 9.55. The molecule has 3 aliphatic rings. The number of thioether (sulfide) groups is 1. The largest absolute Gasteiger partial charge is 0.362 e. The summed E-state index contributed by atoms with van der Waals surface area (Å²) in [7, 11) is 0. The van der Waals surface area contributed by atoms with E-state index in [0.29, 0.717) is 17.5 Å². The summed E-state index contributed by atoms with van der Waals surface area (Å²) in [6, 6.07) is 1.98. The van der Waals surface area contributed by atoms with E-state index in [1.807, 2.05) is 11.8 Å². The van der Waals surface area contributed by atoms with Crippen LogP contribution in [0, 0.1) is 5.41 Å². The van der Waals surface area contributed by atoms with Gasteiger partial charge in [-0.25, -0.2) is 0 Å². The first-order valence-electron chi connectivity index (χ1n) is 8.23. The Hall–Kier alpha value is -0.220. The number of hydrogen-bond acceptors (Lipinski definition) is 4. The highest BCUT2D eigenvalue weighted by molar-refractivity contribution is 8.13. The summed E-state index contributed by atoms with van der Waals surface area (Å²) >= 11 is 1.93. The van der Waals surface area contributed by atoms with Gasteiger partial charge in [-0.3, -0.25) is 4.99 Å². The fourth-order valence-corrected chi connectivity index (χ4v) is 4.73. The third kappa shape index (κ3) is 3.33. The molecule has 0 saturated carbocycles. The molecule has 4 heteroatoms. The Morgan fingerprint density at radius 1 is 1.20 bits per heavy atom. The van der Waals surface area contributed by atoms with Crippen molar-refractivity contribution in [1.82, 2.24) is 10.2 Å². The standard InChI is InChI=1S/C16H29N3S/c1-16(2,3)14-7-10-20-15(18-14)17-12-6-9-19-8-4-5-13(19)11-12/h12-14H,4-11H2,1-3H3,(H,17,18). The second-order valence-corrected chi connectivity index (χ2v) is 8.73. The number of amidine groups is 1. The van der Waals surface area contributed by atoms with Gasteiger partial charge in [0.15, 0.2) is 5.17 Å².